The lowest BCUT2D eigenvalue weighted by atomic mass is 10.0. The van der Waals surface area contributed by atoms with E-state index in [9.17, 15) is 14.7 Å². The molecule has 0 unspecified atom stereocenters. The van der Waals surface area contributed by atoms with Crippen LogP contribution < -0.4 is 0 Å². The minimum atomic E-state index is -0.634. The Morgan fingerprint density at radius 2 is 1.95 bits per heavy atom. The van der Waals surface area contributed by atoms with Gasteiger partial charge in [-0.2, -0.15) is 0 Å². The zero-order valence-corrected chi connectivity index (χ0v) is 25.1. The molecule has 0 radical (unpaired) electrons. The van der Waals surface area contributed by atoms with E-state index in [2.05, 4.69) is 24.9 Å². The summed E-state index contributed by atoms with van der Waals surface area (Å²) in [6.45, 7) is 7.15. The highest BCUT2D eigenvalue weighted by Crippen LogP contribution is 2.41. The normalized spacial score (nSPS) is 19.5. The molecular formula is C32H34ClN3O4S. The topological polar surface area (TPSA) is 84.1 Å². The number of aliphatic hydroxyl groups is 1. The number of carbonyl (C=O) groups is 2. The largest absolute Gasteiger partial charge is 0.506 e. The molecule has 3 heterocycles. The van der Waals surface area contributed by atoms with Gasteiger partial charge in [0.2, 0.25) is 5.91 Å². The number of aliphatic imine (C=N–C) groups is 1. The van der Waals surface area contributed by atoms with Crippen LogP contribution >= 0.6 is 23.4 Å². The van der Waals surface area contributed by atoms with Gasteiger partial charge < -0.3 is 19.3 Å². The van der Waals surface area contributed by atoms with Crippen LogP contribution in [0.3, 0.4) is 0 Å². The predicted molar refractivity (Wildman–Crippen MR) is 167 cm³/mol. The number of aliphatic hydroxyl groups excluding tert-OH is 1. The molecule has 0 bridgehead atoms. The summed E-state index contributed by atoms with van der Waals surface area (Å²) in [6, 6.07) is 13.3. The zero-order valence-electron chi connectivity index (χ0n) is 23.5. The summed E-state index contributed by atoms with van der Waals surface area (Å²) in [4.78, 5) is 33.4. The van der Waals surface area contributed by atoms with E-state index in [4.69, 9.17) is 16.3 Å². The Morgan fingerprint density at radius 1 is 1.17 bits per heavy atom. The van der Waals surface area contributed by atoms with Gasteiger partial charge >= 0.3 is 5.97 Å². The van der Waals surface area contributed by atoms with Crippen LogP contribution in [0.1, 0.15) is 51.2 Å². The molecule has 2 aliphatic rings. The molecule has 0 aliphatic carbocycles. The van der Waals surface area contributed by atoms with Crippen LogP contribution in [-0.4, -0.2) is 50.7 Å². The van der Waals surface area contributed by atoms with Gasteiger partial charge in [0.1, 0.15) is 22.9 Å². The van der Waals surface area contributed by atoms with Gasteiger partial charge in [0.25, 0.3) is 0 Å². The van der Waals surface area contributed by atoms with Crippen molar-refractivity contribution in [3.05, 3.63) is 81.0 Å². The van der Waals surface area contributed by atoms with Crippen molar-refractivity contribution in [2.75, 3.05) is 13.2 Å². The number of ether oxygens (including phenoxy) is 1. The quantitative estimate of drug-likeness (QED) is 0.288. The summed E-state index contributed by atoms with van der Waals surface area (Å²) in [5.41, 5.74) is 3.63. The molecule has 7 nitrogen and oxygen atoms in total. The minimum absolute atomic E-state index is 0.0327. The maximum absolute atomic E-state index is 13.4. The Balaban J connectivity index is 1.56. The smallest absolute Gasteiger partial charge is 0.344 e. The van der Waals surface area contributed by atoms with Crippen molar-refractivity contribution >= 4 is 62.9 Å². The number of piperidine rings is 1. The number of rotatable bonds is 7. The summed E-state index contributed by atoms with van der Waals surface area (Å²) in [7, 11) is 0. The molecule has 1 atom stereocenters. The number of likely N-dealkylation sites (tertiary alicyclic amines) is 1. The van der Waals surface area contributed by atoms with Crippen molar-refractivity contribution in [1.82, 2.24) is 9.47 Å². The van der Waals surface area contributed by atoms with E-state index in [1.54, 1.807) is 31.2 Å². The fraction of sp³-hybridized carbons (Fsp3) is 0.344. The Labute approximate surface area is 249 Å². The molecule has 214 valence electrons. The molecule has 1 amide bonds. The van der Waals surface area contributed by atoms with Crippen LogP contribution in [0.4, 0.5) is 5.69 Å². The number of carbonyl (C=O) groups excluding carboxylic acids is 2. The van der Waals surface area contributed by atoms with Gasteiger partial charge in [0.15, 0.2) is 0 Å². The van der Waals surface area contributed by atoms with Crippen molar-refractivity contribution in [3.8, 4) is 0 Å². The van der Waals surface area contributed by atoms with E-state index < -0.39 is 5.97 Å². The summed E-state index contributed by atoms with van der Waals surface area (Å²) >= 11 is 7.24. The Bertz CT molecular complexity index is 1570. The molecule has 2 aromatic carbocycles. The lowest BCUT2D eigenvalue weighted by Crippen LogP contribution is -2.43. The third-order valence-corrected chi connectivity index (χ3v) is 8.81. The summed E-state index contributed by atoms with van der Waals surface area (Å²) in [5.74, 6) is -0.698. The molecule has 0 spiro atoms. The molecule has 41 heavy (non-hydrogen) atoms. The maximum atomic E-state index is 13.4. The van der Waals surface area contributed by atoms with Gasteiger partial charge in [0, 0.05) is 34.8 Å². The highest BCUT2D eigenvalue weighted by Gasteiger charge is 2.33. The van der Waals surface area contributed by atoms with E-state index in [0.717, 1.165) is 54.3 Å². The third-order valence-electron chi connectivity index (χ3n) is 7.54. The van der Waals surface area contributed by atoms with Crippen LogP contribution in [-0.2, 0) is 27.3 Å². The first-order valence-electron chi connectivity index (χ1n) is 14.1. The van der Waals surface area contributed by atoms with Gasteiger partial charge in [0.05, 0.1) is 22.7 Å². The Hall–Kier alpha value is -3.49. The SMILES string of the molecule is CCOC(=O)C1=C(O)/C(=C/c2cn(CC(=O)N3CCCC[C@@H]3C)c3c(CC)cccc23)SC1=Nc1ccc(Cl)cc1. The van der Waals surface area contributed by atoms with Crippen LogP contribution in [0.2, 0.25) is 5.02 Å². The van der Waals surface area contributed by atoms with Gasteiger partial charge in [-0.1, -0.05) is 48.5 Å². The fourth-order valence-corrected chi connectivity index (χ4v) is 6.61. The van der Waals surface area contributed by atoms with Gasteiger partial charge in [-0.25, -0.2) is 9.79 Å². The maximum Gasteiger partial charge on any atom is 0.344 e. The van der Waals surface area contributed by atoms with Gasteiger partial charge in [-0.3, -0.25) is 4.79 Å². The minimum Gasteiger partial charge on any atom is -0.506 e. The summed E-state index contributed by atoms with van der Waals surface area (Å²) < 4.78 is 7.28. The first kappa shape index (κ1) is 29.0. The average molecular weight is 592 g/mol. The number of benzene rings is 2. The molecular weight excluding hydrogens is 558 g/mol. The number of hydrogen-bond donors (Lipinski definition) is 1. The first-order valence-corrected chi connectivity index (χ1v) is 15.2. The second-order valence-corrected chi connectivity index (χ2v) is 11.7. The lowest BCUT2D eigenvalue weighted by molar-refractivity contribution is -0.138. The summed E-state index contributed by atoms with van der Waals surface area (Å²) in [5, 5.41) is 13.1. The second kappa shape index (κ2) is 12.6. The highest BCUT2D eigenvalue weighted by molar-refractivity contribution is 8.18. The molecule has 3 aromatic rings. The highest BCUT2D eigenvalue weighted by atomic mass is 35.5. The van der Waals surface area contributed by atoms with E-state index in [-0.39, 0.29) is 36.4 Å². The van der Waals surface area contributed by atoms with Crippen LogP contribution in [0.25, 0.3) is 17.0 Å². The number of aromatic nitrogens is 1. The van der Waals surface area contributed by atoms with Crippen molar-refractivity contribution in [2.24, 2.45) is 4.99 Å². The number of amides is 1. The zero-order chi connectivity index (χ0) is 29.1. The number of thioether (sulfide) groups is 1. The van der Waals surface area contributed by atoms with Gasteiger partial charge in [-0.05, 0) is 75.4 Å². The number of fused-ring (bicyclic) bond motifs is 1. The third kappa shape index (κ3) is 6.09. The molecule has 0 saturated carbocycles. The van der Waals surface area contributed by atoms with Gasteiger partial charge in [-0.15, -0.1) is 0 Å². The first-order chi connectivity index (χ1) is 19.8. The van der Waals surface area contributed by atoms with Crippen LogP contribution in [0.5, 0.6) is 0 Å². The van der Waals surface area contributed by atoms with Crippen molar-refractivity contribution in [1.29, 1.82) is 0 Å². The number of para-hydroxylation sites is 1. The van der Waals surface area contributed by atoms with Crippen molar-refractivity contribution in [2.45, 2.75) is 59.0 Å². The number of aryl methyl sites for hydroxylation is 1. The van der Waals surface area contributed by atoms with E-state index >= 15 is 0 Å². The van der Waals surface area contributed by atoms with Crippen molar-refractivity contribution < 1.29 is 19.4 Å². The molecule has 9 heteroatoms. The molecule has 1 N–H and O–H groups in total. The molecule has 1 aromatic heterocycles. The average Bonchev–Trinajstić information content (AvgIpc) is 3.46. The number of esters is 1. The standard InChI is InChI=1S/C32H34ClN3O4S/c1-4-21-10-8-11-25-22(18-35(29(21)25)19-27(37)36-16-7-6-9-20(36)3)17-26-30(38)28(32(39)40-5-2)31(41-26)34-24-14-12-23(33)13-15-24/h8,10-15,17-18,20,38H,4-7,9,16,19H2,1-3H3/b26-17-,34-31?/t20-/m0/s1. The van der Waals surface area contributed by atoms with E-state index in [1.165, 1.54) is 11.8 Å². The number of nitrogens with zero attached hydrogens (tertiary/aromatic N) is 3. The fourth-order valence-electron chi connectivity index (χ4n) is 5.46. The summed E-state index contributed by atoms with van der Waals surface area (Å²) in [6.07, 6.45) is 7.86. The van der Waals surface area contributed by atoms with Crippen molar-refractivity contribution in [3.63, 3.8) is 0 Å². The molecule has 5 rings (SSSR count). The number of hydrogen-bond acceptors (Lipinski definition) is 6. The molecule has 2 aliphatic heterocycles. The lowest BCUT2D eigenvalue weighted by Gasteiger charge is -2.33. The number of halogens is 1. The predicted octanol–water partition coefficient (Wildman–Crippen LogP) is 7.45. The molecule has 1 fully saturated rings. The molecule has 1 saturated heterocycles. The Morgan fingerprint density at radius 3 is 2.66 bits per heavy atom. The Kier molecular flexibility index (Phi) is 8.90. The van der Waals surface area contributed by atoms with Crippen LogP contribution in [0, 0.1) is 0 Å². The second-order valence-electron chi connectivity index (χ2n) is 10.3. The van der Waals surface area contributed by atoms with E-state index in [0.29, 0.717) is 20.7 Å². The monoisotopic (exact) mass is 591 g/mol. The van der Waals surface area contributed by atoms with Crippen LogP contribution in [0.15, 0.2) is 69.9 Å². The van der Waals surface area contributed by atoms with E-state index in [1.807, 2.05) is 33.9 Å².